The van der Waals surface area contributed by atoms with Crippen molar-refractivity contribution in [3.63, 3.8) is 0 Å². The molecule has 0 unspecified atom stereocenters. The molecule has 1 heterocycles. The Labute approximate surface area is 171 Å². The number of primary amides is 1. The van der Waals surface area contributed by atoms with Crippen LogP contribution < -0.4 is 11.1 Å². The van der Waals surface area contributed by atoms with Crippen molar-refractivity contribution in [2.75, 3.05) is 31.5 Å². The minimum absolute atomic E-state index is 0.0535. The summed E-state index contributed by atoms with van der Waals surface area (Å²) in [6.45, 7) is 5.22. The van der Waals surface area contributed by atoms with Crippen LogP contribution in [-0.2, 0) is 19.6 Å². The summed E-state index contributed by atoms with van der Waals surface area (Å²) < 4.78 is 26.8. The Balaban J connectivity index is 2.07. The first-order valence-corrected chi connectivity index (χ1v) is 11.0. The topological polar surface area (TPSA) is 113 Å². The molecule has 0 aliphatic carbocycles. The SMILES string of the molecule is CC(C)N(CCC(=O)Nc1cc(S(=O)(=O)N2CCCC2)ccc1Cl)CC(N)=O. The van der Waals surface area contributed by atoms with E-state index in [2.05, 4.69) is 5.32 Å². The molecule has 0 atom stereocenters. The normalized spacial score (nSPS) is 15.3. The molecule has 2 rings (SSSR count). The Morgan fingerprint density at radius 1 is 1.29 bits per heavy atom. The van der Waals surface area contributed by atoms with Gasteiger partial charge in [-0.3, -0.25) is 14.5 Å². The monoisotopic (exact) mass is 430 g/mol. The summed E-state index contributed by atoms with van der Waals surface area (Å²) in [5.74, 6) is -0.787. The summed E-state index contributed by atoms with van der Waals surface area (Å²) in [6.07, 6.45) is 1.80. The van der Waals surface area contributed by atoms with E-state index in [-0.39, 0.29) is 40.5 Å². The summed E-state index contributed by atoms with van der Waals surface area (Å²) in [5, 5.41) is 2.92. The fourth-order valence-electron chi connectivity index (χ4n) is 3.02. The highest BCUT2D eigenvalue weighted by molar-refractivity contribution is 7.89. The first-order chi connectivity index (χ1) is 13.1. The van der Waals surface area contributed by atoms with Crippen LogP contribution in [0.3, 0.4) is 0 Å². The largest absolute Gasteiger partial charge is 0.369 e. The molecule has 1 aliphatic heterocycles. The van der Waals surface area contributed by atoms with Gasteiger partial charge in [-0.1, -0.05) is 11.6 Å². The smallest absolute Gasteiger partial charge is 0.243 e. The Morgan fingerprint density at radius 2 is 1.93 bits per heavy atom. The van der Waals surface area contributed by atoms with Gasteiger partial charge in [0.15, 0.2) is 0 Å². The molecule has 1 saturated heterocycles. The van der Waals surface area contributed by atoms with E-state index in [0.717, 1.165) is 12.8 Å². The van der Waals surface area contributed by atoms with Crippen LogP contribution in [0, 0.1) is 0 Å². The van der Waals surface area contributed by atoms with Gasteiger partial charge in [0.1, 0.15) is 0 Å². The lowest BCUT2D eigenvalue weighted by atomic mass is 10.2. The Morgan fingerprint density at radius 3 is 2.50 bits per heavy atom. The van der Waals surface area contributed by atoms with Gasteiger partial charge in [-0.25, -0.2) is 8.42 Å². The number of rotatable bonds is 9. The summed E-state index contributed by atoms with van der Waals surface area (Å²) >= 11 is 6.14. The van der Waals surface area contributed by atoms with Crippen LogP contribution in [0.25, 0.3) is 0 Å². The van der Waals surface area contributed by atoms with Gasteiger partial charge in [0, 0.05) is 32.1 Å². The number of sulfonamides is 1. The van der Waals surface area contributed by atoms with Gasteiger partial charge >= 0.3 is 0 Å². The van der Waals surface area contributed by atoms with Crippen LogP contribution in [0.2, 0.25) is 5.02 Å². The number of nitrogens with one attached hydrogen (secondary N) is 1. The molecule has 10 heteroatoms. The van der Waals surface area contributed by atoms with Crippen LogP contribution in [0.1, 0.15) is 33.1 Å². The quantitative estimate of drug-likeness (QED) is 0.618. The third-order valence-corrected chi connectivity index (χ3v) is 6.85. The molecule has 0 radical (unpaired) electrons. The van der Waals surface area contributed by atoms with E-state index < -0.39 is 15.9 Å². The van der Waals surface area contributed by atoms with Crippen molar-refractivity contribution < 1.29 is 18.0 Å². The first kappa shape index (κ1) is 22.6. The zero-order valence-electron chi connectivity index (χ0n) is 16.2. The molecule has 156 valence electrons. The number of benzene rings is 1. The van der Waals surface area contributed by atoms with Gasteiger partial charge in [-0.2, -0.15) is 4.31 Å². The summed E-state index contributed by atoms with van der Waals surface area (Å²) in [5.41, 5.74) is 5.48. The predicted molar refractivity (Wildman–Crippen MR) is 109 cm³/mol. The van der Waals surface area contributed by atoms with Crippen molar-refractivity contribution >= 4 is 39.1 Å². The number of carbonyl (C=O) groups is 2. The van der Waals surface area contributed by atoms with Crippen molar-refractivity contribution in [3.05, 3.63) is 23.2 Å². The zero-order chi connectivity index (χ0) is 20.9. The third kappa shape index (κ3) is 5.91. The van der Waals surface area contributed by atoms with Gasteiger partial charge in [0.25, 0.3) is 0 Å². The van der Waals surface area contributed by atoms with E-state index in [0.29, 0.717) is 19.6 Å². The molecule has 0 spiro atoms. The second kappa shape index (κ2) is 9.69. The molecule has 1 aliphatic rings. The molecular formula is C18H27ClN4O4S. The maximum absolute atomic E-state index is 12.7. The number of anilines is 1. The van der Waals surface area contributed by atoms with Crippen molar-refractivity contribution in [2.24, 2.45) is 5.73 Å². The molecule has 8 nitrogen and oxygen atoms in total. The molecular weight excluding hydrogens is 404 g/mol. The fourth-order valence-corrected chi connectivity index (χ4v) is 4.72. The predicted octanol–water partition coefficient (Wildman–Crippen LogP) is 1.65. The van der Waals surface area contributed by atoms with Gasteiger partial charge in [0.2, 0.25) is 21.8 Å². The van der Waals surface area contributed by atoms with Crippen LogP contribution in [0.4, 0.5) is 5.69 Å². The number of nitrogens with two attached hydrogens (primary N) is 1. The van der Waals surface area contributed by atoms with Gasteiger partial charge in [-0.05, 0) is 44.9 Å². The van der Waals surface area contributed by atoms with Crippen molar-refractivity contribution in [1.29, 1.82) is 0 Å². The second-order valence-corrected chi connectivity index (χ2v) is 9.43. The third-order valence-electron chi connectivity index (χ3n) is 4.63. The van der Waals surface area contributed by atoms with Gasteiger partial charge in [0.05, 0.1) is 22.2 Å². The number of hydrogen-bond acceptors (Lipinski definition) is 5. The number of carbonyl (C=O) groups excluding carboxylic acids is 2. The summed E-state index contributed by atoms with van der Waals surface area (Å²) in [6, 6.07) is 4.35. The van der Waals surface area contributed by atoms with Crippen molar-refractivity contribution in [2.45, 2.75) is 44.0 Å². The number of nitrogens with zero attached hydrogens (tertiary/aromatic N) is 2. The molecule has 1 aromatic carbocycles. The Bertz CT molecular complexity index is 823. The summed E-state index contributed by atoms with van der Waals surface area (Å²) in [4.78, 5) is 25.4. The van der Waals surface area contributed by atoms with E-state index in [1.54, 1.807) is 4.90 Å². The van der Waals surface area contributed by atoms with Crippen LogP contribution in [0.15, 0.2) is 23.1 Å². The van der Waals surface area contributed by atoms with Crippen LogP contribution in [-0.4, -0.2) is 61.7 Å². The van der Waals surface area contributed by atoms with Crippen LogP contribution >= 0.6 is 11.6 Å². The number of hydrogen-bond donors (Lipinski definition) is 2. The maximum atomic E-state index is 12.7. The molecule has 3 N–H and O–H groups in total. The fraction of sp³-hybridized carbons (Fsp3) is 0.556. The lowest BCUT2D eigenvalue weighted by Gasteiger charge is -2.24. The Kier molecular flexibility index (Phi) is 7.82. The standard InChI is InChI=1S/C18H27ClN4O4S/c1-13(2)22(12-17(20)24)10-7-18(25)21-16-11-14(5-6-15(16)19)28(26,27)23-8-3-4-9-23/h5-6,11,13H,3-4,7-10,12H2,1-2H3,(H2,20,24)(H,21,25). The Hall–Kier alpha value is -1.68. The highest BCUT2D eigenvalue weighted by Crippen LogP contribution is 2.28. The minimum atomic E-state index is -3.60. The zero-order valence-corrected chi connectivity index (χ0v) is 17.7. The van der Waals surface area contributed by atoms with E-state index in [4.69, 9.17) is 17.3 Å². The van der Waals surface area contributed by atoms with E-state index in [1.807, 2.05) is 13.8 Å². The number of amides is 2. The molecule has 0 saturated carbocycles. The molecule has 0 bridgehead atoms. The molecule has 1 aromatic rings. The minimum Gasteiger partial charge on any atom is -0.369 e. The molecule has 28 heavy (non-hydrogen) atoms. The molecule has 0 aromatic heterocycles. The van der Waals surface area contributed by atoms with Gasteiger partial charge < -0.3 is 11.1 Å². The lowest BCUT2D eigenvalue weighted by Crippen LogP contribution is -2.40. The average Bonchev–Trinajstić information content (AvgIpc) is 3.15. The average molecular weight is 431 g/mol. The highest BCUT2D eigenvalue weighted by Gasteiger charge is 2.27. The van der Waals surface area contributed by atoms with Crippen molar-refractivity contribution in [3.8, 4) is 0 Å². The molecule has 1 fully saturated rings. The highest BCUT2D eigenvalue weighted by atomic mass is 35.5. The molecule has 2 amide bonds. The maximum Gasteiger partial charge on any atom is 0.243 e. The summed E-state index contributed by atoms with van der Waals surface area (Å²) in [7, 11) is -3.60. The van der Waals surface area contributed by atoms with E-state index in [1.165, 1.54) is 22.5 Å². The number of halogens is 1. The van der Waals surface area contributed by atoms with Gasteiger partial charge in [-0.15, -0.1) is 0 Å². The second-order valence-electron chi connectivity index (χ2n) is 7.08. The van der Waals surface area contributed by atoms with Crippen LogP contribution in [0.5, 0.6) is 0 Å². The first-order valence-electron chi connectivity index (χ1n) is 9.23. The van der Waals surface area contributed by atoms with E-state index >= 15 is 0 Å². The van der Waals surface area contributed by atoms with Crippen molar-refractivity contribution in [1.82, 2.24) is 9.21 Å². The van der Waals surface area contributed by atoms with E-state index in [9.17, 15) is 18.0 Å². The lowest BCUT2D eigenvalue weighted by molar-refractivity contribution is -0.121.